The van der Waals surface area contributed by atoms with Crippen LogP contribution in [0, 0.1) is 12.8 Å². The highest BCUT2D eigenvalue weighted by Gasteiger charge is 2.26. The molecular formula is C21H21ClN2O4. The van der Waals surface area contributed by atoms with Gasteiger partial charge in [-0.2, -0.15) is 0 Å². The topological polar surface area (TPSA) is 69.9 Å². The van der Waals surface area contributed by atoms with E-state index in [0.29, 0.717) is 22.1 Å². The van der Waals surface area contributed by atoms with Gasteiger partial charge in [-0.05, 0) is 42.8 Å². The Hall–Kier alpha value is -2.86. The van der Waals surface area contributed by atoms with E-state index < -0.39 is 12.1 Å². The number of aryl methyl sites for hydroxylation is 1. The largest absolute Gasteiger partial charge is 0.478 e. The fourth-order valence-corrected chi connectivity index (χ4v) is 2.80. The molecule has 6 nitrogen and oxygen atoms in total. The van der Waals surface area contributed by atoms with Crippen LogP contribution in [0.4, 0.5) is 0 Å². The Balaban J connectivity index is 1.72. The molecule has 3 rings (SSSR count). The van der Waals surface area contributed by atoms with Gasteiger partial charge in [-0.25, -0.2) is 9.78 Å². The van der Waals surface area contributed by atoms with Crippen molar-refractivity contribution in [1.29, 1.82) is 0 Å². The van der Waals surface area contributed by atoms with Crippen LogP contribution >= 0.6 is 11.6 Å². The number of ether oxygens (including phenoxy) is 2. The zero-order chi connectivity index (χ0) is 20.3. The molecule has 0 aliphatic carbocycles. The van der Waals surface area contributed by atoms with Crippen LogP contribution in [0.2, 0.25) is 5.02 Å². The predicted octanol–water partition coefficient (Wildman–Crippen LogP) is 3.80. The second kappa shape index (κ2) is 8.44. The Kier molecular flexibility index (Phi) is 5.99. The third kappa shape index (κ3) is 4.70. The highest BCUT2D eigenvalue weighted by Crippen LogP contribution is 2.20. The monoisotopic (exact) mass is 400 g/mol. The number of nitrogens with zero attached hydrogens (tertiary/aromatic N) is 2. The van der Waals surface area contributed by atoms with E-state index in [1.54, 1.807) is 36.5 Å². The van der Waals surface area contributed by atoms with Gasteiger partial charge in [0.25, 0.3) is 5.56 Å². The second-order valence-corrected chi connectivity index (χ2v) is 7.30. The number of fused-ring (bicyclic) bond motifs is 1. The second-order valence-electron chi connectivity index (χ2n) is 6.86. The number of carbonyl (C=O) groups is 1. The molecule has 146 valence electrons. The van der Waals surface area contributed by atoms with Gasteiger partial charge in [-0.1, -0.05) is 31.5 Å². The molecule has 0 bridgehead atoms. The molecular weight excluding hydrogens is 380 g/mol. The van der Waals surface area contributed by atoms with Gasteiger partial charge in [0.15, 0.2) is 6.10 Å². The van der Waals surface area contributed by atoms with Gasteiger partial charge in [-0.3, -0.25) is 9.20 Å². The minimum absolute atomic E-state index is 0.106. The van der Waals surface area contributed by atoms with E-state index >= 15 is 0 Å². The Bertz CT molecular complexity index is 1040. The molecule has 2 aromatic heterocycles. The van der Waals surface area contributed by atoms with Crippen molar-refractivity contribution in [3.8, 4) is 5.75 Å². The van der Waals surface area contributed by atoms with Gasteiger partial charge in [0.05, 0.1) is 5.69 Å². The number of aromatic nitrogens is 2. The van der Waals surface area contributed by atoms with Crippen molar-refractivity contribution in [2.45, 2.75) is 33.5 Å². The third-order valence-corrected chi connectivity index (χ3v) is 4.39. The summed E-state index contributed by atoms with van der Waals surface area (Å²) >= 11 is 5.87. The maximum absolute atomic E-state index is 12.5. The molecule has 1 unspecified atom stereocenters. The lowest BCUT2D eigenvalue weighted by atomic mass is 10.1. The van der Waals surface area contributed by atoms with Crippen LogP contribution in [0.5, 0.6) is 5.75 Å². The molecule has 0 N–H and O–H groups in total. The minimum Gasteiger partial charge on any atom is -0.478 e. The molecule has 0 spiro atoms. The molecule has 0 fully saturated rings. The van der Waals surface area contributed by atoms with E-state index in [1.165, 1.54) is 10.5 Å². The average molecular weight is 401 g/mol. The standard InChI is InChI=1S/C21H21ClN2O4/c1-13(2)20(28-17-7-5-15(22)6-8-17)21(26)27-12-16-10-19(25)24-11-14(3)4-9-18(24)23-16/h4-11,13,20H,12H2,1-3H3. The minimum atomic E-state index is -0.787. The summed E-state index contributed by atoms with van der Waals surface area (Å²) in [5.74, 6) is -0.102. The van der Waals surface area contributed by atoms with E-state index in [9.17, 15) is 9.59 Å². The summed E-state index contributed by atoms with van der Waals surface area (Å²) in [4.78, 5) is 29.2. The Morgan fingerprint density at radius 2 is 1.89 bits per heavy atom. The van der Waals surface area contributed by atoms with E-state index in [0.717, 1.165) is 5.56 Å². The molecule has 0 aliphatic heterocycles. The van der Waals surface area contributed by atoms with Crippen molar-refractivity contribution in [2.24, 2.45) is 5.92 Å². The first-order valence-electron chi connectivity index (χ1n) is 8.91. The van der Waals surface area contributed by atoms with Crippen molar-refractivity contribution in [2.75, 3.05) is 0 Å². The normalized spacial score (nSPS) is 12.2. The van der Waals surface area contributed by atoms with Crippen LogP contribution in [-0.2, 0) is 16.1 Å². The number of pyridine rings is 1. The van der Waals surface area contributed by atoms with Crippen LogP contribution < -0.4 is 10.3 Å². The van der Waals surface area contributed by atoms with Gasteiger partial charge in [0, 0.05) is 23.2 Å². The summed E-state index contributed by atoms with van der Waals surface area (Å²) in [6.45, 7) is 5.52. The van der Waals surface area contributed by atoms with Crippen molar-refractivity contribution in [3.63, 3.8) is 0 Å². The zero-order valence-electron chi connectivity index (χ0n) is 15.9. The SMILES string of the molecule is Cc1ccc2nc(COC(=O)C(Oc3ccc(Cl)cc3)C(C)C)cc(=O)n2c1. The molecule has 3 aromatic rings. The molecule has 2 heterocycles. The number of carbonyl (C=O) groups excluding carboxylic acids is 1. The number of halogens is 1. The first-order valence-corrected chi connectivity index (χ1v) is 9.29. The molecule has 0 amide bonds. The highest BCUT2D eigenvalue weighted by molar-refractivity contribution is 6.30. The first kappa shape index (κ1) is 19.9. The third-order valence-electron chi connectivity index (χ3n) is 4.14. The molecule has 1 aromatic carbocycles. The maximum atomic E-state index is 12.5. The van der Waals surface area contributed by atoms with Crippen molar-refractivity contribution < 1.29 is 14.3 Å². The average Bonchev–Trinajstić information content (AvgIpc) is 2.66. The maximum Gasteiger partial charge on any atom is 0.347 e. The number of hydrogen-bond acceptors (Lipinski definition) is 5. The summed E-state index contributed by atoms with van der Waals surface area (Å²) in [5, 5.41) is 0.583. The van der Waals surface area contributed by atoms with Gasteiger partial charge in [0.2, 0.25) is 0 Å². The summed E-state index contributed by atoms with van der Waals surface area (Å²) in [6, 6.07) is 11.7. The lowest BCUT2D eigenvalue weighted by Crippen LogP contribution is -2.34. The molecule has 7 heteroatoms. The Morgan fingerprint density at radius 1 is 1.18 bits per heavy atom. The summed E-state index contributed by atoms with van der Waals surface area (Å²) in [5.41, 5.74) is 1.62. The van der Waals surface area contributed by atoms with E-state index in [1.807, 2.05) is 26.8 Å². The summed E-state index contributed by atoms with van der Waals surface area (Å²) < 4.78 is 12.6. The molecule has 0 aliphatic rings. The predicted molar refractivity (Wildman–Crippen MR) is 107 cm³/mol. The van der Waals surface area contributed by atoms with Crippen LogP contribution in [0.3, 0.4) is 0 Å². The molecule has 1 atom stereocenters. The van der Waals surface area contributed by atoms with Gasteiger partial charge >= 0.3 is 5.97 Å². The van der Waals surface area contributed by atoms with E-state index in [2.05, 4.69) is 4.98 Å². The zero-order valence-corrected chi connectivity index (χ0v) is 16.6. The van der Waals surface area contributed by atoms with Crippen LogP contribution in [0.1, 0.15) is 25.1 Å². The fourth-order valence-electron chi connectivity index (χ4n) is 2.68. The Morgan fingerprint density at radius 3 is 2.57 bits per heavy atom. The fraction of sp³-hybridized carbons (Fsp3) is 0.286. The number of rotatable bonds is 6. The van der Waals surface area contributed by atoms with Gasteiger partial charge in [0.1, 0.15) is 18.0 Å². The van der Waals surface area contributed by atoms with Crippen LogP contribution in [-0.4, -0.2) is 21.5 Å². The Labute approximate surface area is 167 Å². The summed E-state index contributed by atoms with van der Waals surface area (Å²) in [7, 11) is 0. The van der Waals surface area contributed by atoms with E-state index in [4.69, 9.17) is 21.1 Å². The lowest BCUT2D eigenvalue weighted by molar-refractivity contribution is -0.155. The number of esters is 1. The number of hydrogen-bond donors (Lipinski definition) is 0. The molecule has 0 saturated carbocycles. The quantitative estimate of drug-likeness (QED) is 0.588. The van der Waals surface area contributed by atoms with Gasteiger partial charge < -0.3 is 9.47 Å². The van der Waals surface area contributed by atoms with Crippen LogP contribution in [0.25, 0.3) is 5.65 Å². The summed E-state index contributed by atoms with van der Waals surface area (Å²) in [6.07, 6.45) is 0.931. The van der Waals surface area contributed by atoms with E-state index in [-0.39, 0.29) is 18.1 Å². The van der Waals surface area contributed by atoms with Crippen molar-refractivity contribution >= 4 is 23.2 Å². The smallest absolute Gasteiger partial charge is 0.347 e. The molecule has 0 saturated heterocycles. The highest BCUT2D eigenvalue weighted by atomic mass is 35.5. The van der Waals surface area contributed by atoms with Crippen molar-refractivity contribution in [1.82, 2.24) is 9.38 Å². The number of benzene rings is 1. The van der Waals surface area contributed by atoms with Gasteiger partial charge in [-0.15, -0.1) is 0 Å². The van der Waals surface area contributed by atoms with Crippen LogP contribution in [0.15, 0.2) is 53.5 Å². The molecule has 28 heavy (non-hydrogen) atoms. The molecule has 0 radical (unpaired) electrons. The lowest BCUT2D eigenvalue weighted by Gasteiger charge is -2.21. The first-order chi connectivity index (χ1) is 13.3. The van der Waals surface area contributed by atoms with Crippen molar-refractivity contribution in [3.05, 3.63) is 75.3 Å².